The van der Waals surface area contributed by atoms with Crippen LogP contribution in [0.2, 0.25) is 0 Å². The summed E-state index contributed by atoms with van der Waals surface area (Å²) in [6.07, 6.45) is -6.93. The molecule has 0 aliphatic heterocycles. The second-order valence-corrected chi connectivity index (χ2v) is 8.34. The molecule has 3 aromatic rings. The van der Waals surface area contributed by atoms with Crippen LogP contribution in [0.1, 0.15) is 36.2 Å². The fourth-order valence-electron chi connectivity index (χ4n) is 2.95. The van der Waals surface area contributed by atoms with Gasteiger partial charge in [-0.25, -0.2) is 17.8 Å². The number of hydrogen-bond acceptors (Lipinski definition) is 3. The number of rotatable bonds is 5. The quantitative estimate of drug-likeness (QED) is 0.626. The summed E-state index contributed by atoms with van der Waals surface area (Å²) in [4.78, 5) is -0.0883. The summed E-state index contributed by atoms with van der Waals surface area (Å²) in [5.74, 6) is 0. The van der Waals surface area contributed by atoms with Crippen molar-refractivity contribution in [3.05, 3.63) is 64.8 Å². The second kappa shape index (κ2) is 7.88. The van der Waals surface area contributed by atoms with E-state index in [2.05, 4.69) is 9.82 Å². The Kier molecular flexibility index (Phi) is 4.23. The van der Waals surface area contributed by atoms with E-state index in [9.17, 15) is 21.6 Å². The van der Waals surface area contributed by atoms with E-state index < -0.39 is 46.4 Å². The van der Waals surface area contributed by atoms with Crippen LogP contribution in [0.4, 0.5) is 13.2 Å². The van der Waals surface area contributed by atoms with Crippen LogP contribution >= 0.6 is 0 Å². The fraction of sp³-hybridized carbons (Fsp3) is 0.286. The van der Waals surface area contributed by atoms with Crippen LogP contribution in [0.25, 0.3) is 16.9 Å². The second-order valence-electron chi connectivity index (χ2n) is 6.48. The van der Waals surface area contributed by atoms with E-state index in [0.29, 0.717) is 6.07 Å². The number of hydrogen-bond donors (Lipinski definition) is 1. The number of benzene rings is 2. The molecular formula is C21H22F3N3O2S. The van der Waals surface area contributed by atoms with Crippen molar-refractivity contribution >= 4 is 10.0 Å². The first-order valence-electron chi connectivity index (χ1n) is 11.2. The van der Waals surface area contributed by atoms with Crippen molar-refractivity contribution in [2.45, 2.75) is 38.2 Å². The molecule has 0 radical (unpaired) electrons. The van der Waals surface area contributed by atoms with Crippen LogP contribution in [-0.4, -0.2) is 25.2 Å². The standard InChI is InChI=1S/C21H22F3N3O2S/c1-5-15-6-7-16(10-13(15)2)18-12-20(21(22,23)24)26-27(18)17-8-9-19(14(3)11-17)30(28,29)25-4/h6-12,25H,5H2,1-4H3/i5D2,6D,7D,10D. The van der Waals surface area contributed by atoms with Crippen LogP contribution in [-0.2, 0) is 22.6 Å². The minimum absolute atomic E-state index is 0.0152. The summed E-state index contributed by atoms with van der Waals surface area (Å²) < 4.78 is 109. The van der Waals surface area contributed by atoms with Crippen LogP contribution < -0.4 is 4.72 Å². The van der Waals surface area contributed by atoms with E-state index in [1.54, 1.807) is 0 Å². The van der Waals surface area contributed by atoms with Crippen LogP contribution in [0.15, 0.2) is 47.3 Å². The Labute approximate surface area is 180 Å². The summed E-state index contributed by atoms with van der Waals surface area (Å²) in [5, 5.41) is 3.62. The van der Waals surface area contributed by atoms with Crippen molar-refractivity contribution in [2.75, 3.05) is 7.05 Å². The molecule has 0 bridgehead atoms. The van der Waals surface area contributed by atoms with Gasteiger partial charge in [-0.15, -0.1) is 0 Å². The highest BCUT2D eigenvalue weighted by atomic mass is 32.2. The molecule has 0 aliphatic rings. The molecule has 1 N–H and O–H groups in total. The summed E-state index contributed by atoms with van der Waals surface area (Å²) >= 11 is 0. The van der Waals surface area contributed by atoms with E-state index in [-0.39, 0.29) is 38.5 Å². The molecule has 0 unspecified atom stereocenters. The zero-order valence-corrected chi connectivity index (χ0v) is 17.4. The lowest BCUT2D eigenvalue weighted by Crippen LogP contribution is -2.19. The number of sulfonamides is 1. The smallest absolute Gasteiger partial charge is 0.232 e. The largest absolute Gasteiger partial charge is 0.435 e. The minimum Gasteiger partial charge on any atom is -0.232 e. The van der Waals surface area contributed by atoms with Gasteiger partial charge in [0.05, 0.1) is 20.4 Å². The molecule has 0 amide bonds. The van der Waals surface area contributed by atoms with Crippen LogP contribution in [0, 0.1) is 13.8 Å². The van der Waals surface area contributed by atoms with Crippen molar-refractivity contribution in [3.8, 4) is 16.9 Å². The maximum absolute atomic E-state index is 13.6. The first-order chi connectivity index (χ1) is 15.9. The minimum atomic E-state index is -4.87. The average molecular weight is 443 g/mol. The first-order valence-corrected chi connectivity index (χ1v) is 10.2. The Hall–Kier alpha value is -2.65. The molecule has 0 atom stereocenters. The molecule has 9 heteroatoms. The third kappa shape index (κ3) is 4.13. The highest BCUT2D eigenvalue weighted by Crippen LogP contribution is 2.34. The van der Waals surface area contributed by atoms with E-state index >= 15 is 0 Å². The van der Waals surface area contributed by atoms with Crippen molar-refractivity contribution in [2.24, 2.45) is 0 Å². The monoisotopic (exact) mass is 442 g/mol. The Morgan fingerprint density at radius 3 is 2.47 bits per heavy atom. The predicted octanol–water partition coefficient (Wildman–Crippen LogP) is 4.65. The SMILES string of the molecule is [2H]c1c([2H])c(C([2H])([2H])C)c(C)c([2H])c1-c1cc(C(F)(F)F)nn1-c1ccc(S(=O)(=O)NC)c(C)c1. The topological polar surface area (TPSA) is 64.0 Å². The molecule has 0 aliphatic carbocycles. The van der Waals surface area contributed by atoms with Gasteiger partial charge in [-0.05, 0) is 74.3 Å². The molecule has 30 heavy (non-hydrogen) atoms. The van der Waals surface area contributed by atoms with Gasteiger partial charge in [0.2, 0.25) is 10.0 Å². The molecule has 5 nitrogen and oxygen atoms in total. The highest BCUT2D eigenvalue weighted by Gasteiger charge is 2.35. The number of nitrogens with zero attached hydrogens (tertiary/aromatic N) is 2. The highest BCUT2D eigenvalue weighted by molar-refractivity contribution is 7.89. The van der Waals surface area contributed by atoms with Crippen LogP contribution in [0.5, 0.6) is 0 Å². The molecule has 2 aromatic carbocycles. The summed E-state index contributed by atoms with van der Waals surface area (Å²) in [6.45, 7) is 3.99. The summed E-state index contributed by atoms with van der Waals surface area (Å²) in [5.41, 5.74) is -1.87. The zero-order valence-electron chi connectivity index (χ0n) is 21.6. The van der Waals surface area contributed by atoms with Gasteiger partial charge in [-0.3, -0.25) is 0 Å². The lowest BCUT2D eigenvalue weighted by Gasteiger charge is -2.12. The fourth-order valence-corrected chi connectivity index (χ4v) is 3.90. The van der Waals surface area contributed by atoms with Crippen LogP contribution in [0.3, 0.4) is 0 Å². The third-order valence-corrected chi connectivity index (χ3v) is 6.04. The average Bonchev–Trinajstić information content (AvgIpc) is 3.17. The summed E-state index contributed by atoms with van der Waals surface area (Å²) in [6, 6.07) is 2.83. The lowest BCUT2D eigenvalue weighted by atomic mass is 10.0. The molecule has 160 valence electrons. The molecule has 3 rings (SSSR count). The maximum atomic E-state index is 13.6. The van der Waals surface area contributed by atoms with Gasteiger partial charge in [0.1, 0.15) is 0 Å². The van der Waals surface area contributed by atoms with Gasteiger partial charge in [-0.2, -0.15) is 18.3 Å². The van der Waals surface area contributed by atoms with E-state index in [0.717, 1.165) is 4.68 Å². The predicted molar refractivity (Wildman–Crippen MR) is 109 cm³/mol. The van der Waals surface area contributed by atoms with Gasteiger partial charge >= 0.3 is 6.18 Å². The Bertz CT molecular complexity index is 1400. The van der Waals surface area contributed by atoms with Gasteiger partial charge in [0, 0.05) is 8.30 Å². The Morgan fingerprint density at radius 1 is 1.20 bits per heavy atom. The Balaban J connectivity index is 2.38. The molecule has 0 fully saturated rings. The number of alkyl halides is 3. The van der Waals surface area contributed by atoms with Crippen molar-refractivity contribution < 1.29 is 28.4 Å². The van der Waals surface area contributed by atoms with Crippen molar-refractivity contribution in [1.29, 1.82) is 0 Å². The molecule has 1 heterocycles. The number of aryl methyl sites for hydroxylation is 1. The zero-order chi connectivity index (χ0) is 26.7. The number of nitrogens with one attached hydrogen (secondary N) is 1. The first kappa shape index (κ1) is 16.1. The normalized spacial score (nSPS) is 15.2. The van der Waals surface area contributed by atoms with E-state index in [1.165, 1.54) is 46.0 Å². The lowest BCUT2D eigenvalue weighted by molar-refractivity contribution is -0.141. The molecule has 0 spiro atoms. The summed E-state index contributed by atoms with van der Waals surface area (Å²) in [7, 11) is -2.61. The number of aromatic nitrogens is 2. The molecule has 0 saturated carbocycles. The van der Waals surface area contributed by atoms with Crippen molar-refractivity contribution in [1.82, 2.24) is 14.5 Å². The molecule has 0 saturated heterocycles. The van der Waals surface area contributed by atoms with Crippen molar-refractivity contribution in [3.63, 3.8) is 0 Å². The van der Waals surface area contributed by atoms with Gasteiger partial charge in [0.15, 0.2) is 5.69 Å². The molecule has 1 aromatic heterocycles. The third-order valence-electron chi connectivity index (χ3n) is 4.47. The van der Waals surface area contributed by atoms with E-state index in [1.807, 2.05) is 0 Å². The van der Waals surface area contributed by atoms with Gasteiger partial charge in [0.25, 0.3) is 0 Å². The van der Waals surface area contributed by atoms with Gasteiger partial charge in [-0.1, -0.05) is 19.0 Å². The molecular weight excluding hydrogens is 415 g/mol. The maximum Gasteiger partial charge on any atom is 0.435 e. The van der Waals surface area contributed by atoms with E-state index in [4.69, 9.17) is 6.85 Å². The van der Waals surface area contributed by atoms with Gasteiger partial charge < -0.3 is 0 Å². The number of halogens is 3. The Morgan fingerprint density at radius 2 is 1.90 bits per heavy atom.